The molecular weight excluding hydrogens is 262 g/mol. The van der Waals surface area contributed by atoms with E-state index in [1.165, 1.54) is 16.0 Å². The van der Waals surface area contributed by atoms with Crippen LogP contribution in [0.1, 0.15) is 29.0 Å². The molecule has 1 unspecified atom stereocenters. The van der Waals surface area contributed by atoms with Gasteiger partial charge in [-0.25, -0.2) is 0 Å². The Morgan fingerprint density at radius 3 is 2.50 bits per heavy atom. The van der Waals surface area contributed by atoms with Crippen molar-refractivity contribution in [1.29, 1.82) is 0 Å². The minimum Gasteiger partial charge on any atom is -0.310 e. The van der Waals surface area contributed by atoms with Gasteiger partial charge in [0.05, 0.1) is 0 Å². The van der Waals surface area contributed by atoms with Crippen molar-refractivity contribution in [1.82, 2.24) is 5.32 Å². The maximum atomic E-state index is 5.92. The van der Waals surface area contributed by atoms with Crippen molar-refractivity contribution in [2.45, 2.75) is 26.3 Å². The normalized spacial score (nSPS) is 12.6. The summed E-state index contributed by atoms with van der Waals surface area (Å²) in [6.07, 6.45) is 1.00. The highest BCUT2D eigenvalue weighted by Crippen LogP contribution is 2.26. The van der Waals surface area contributed by atoms with Gasteiger partial charge in [0.2, 0.25) is 0 Å². The van der Waals surface area contributed by atoms with Crippen LogP contribution in [-0.2, 0) is 6.42 Å². The molecule has 0 bridgehead atoms. The minimum atomic E-state index is 0.391. The highest BCUT2D eigenvalue weighted by molar-refractivity contribution is 7.10. The van der Waals surface area contributed by atoms with Crippen molar-refractivity contribution in [3.8, 4) is 0 Å². The van der Waals surface area contributed by atoms with Crippen LogP contribution in [0.3, 0.4) is 0 Å². The Hall–Kier alpha value is -0.830. The van der Waals surface area contributed by atoms with Gasteiger partial charge in [0.15, 0.2) is 0 Å². The van der Waals surface area contributed by atoms with Crippen molar-refractivity contribution >= 4 is 22.9 Å². The highest BCUT2D eigenvalue weighted by Gasteiger charge is 2.14. The van der Waals surface area contributed by atoms with Crippen LogP contribution < -0.4 is 5.32 Å². The molecule has 1 nitrogen and oxygen atoms in total. The predicted molar refractivity (Wildman–Crippen MR) is 80.6 cm³/mol. The second kappa shape index (κ2) is 6.37. The third kappa shape index (κ3) is 3.35. The molecule has 1 atom stereocenters. The van der Waals surface area contributed by atoms with Gasteiger partial charge < -0.3 is 5.32 Å². The van der Waals surface area contributed by atoms with Crippen LogP contribution in [0.2, 0.25) is 5.02 Å². The van der Waals surface area contributed by atoms with Crippen molar-refractivity contribution in [2.24, 2.45) is 0 Å². The molecule has 3 heteroatoms. The van der Waals surface area contributed by atoms with E-state index in [1.54, 1.807) is 0 Å². The molecular formula is C15H18ClNS. The number of aryl methyl sites for hydroxylation is 1. The number of benzene rings is 1. The van der Waals surface area contributed by atoms with Gasteiger partial charge in [-0.05, 0) is 54.6 Å². The van der Waals surface area contributed by atoms with E-state index in [2.05, 4.69) is 42.7 Å². The monoisotopic (exact) mass is 279 g/mol. The van der Waals surface area contributed by atoms with E-state index in [0.717, 1.165) is 18.0 Å². The van der Waals surface area contributed by atoms with Gasteiger partial charge in [-0.15, -0.1) is 11.3 Å². The standard InChI is InChI=1S/C15H18ClNS/c1-3-17-15(14-8-9-18-11(14)2)10-12-4-6-13(16)7-5-12/h4-9,15,17H,3,10H2,1-2H3. The number of nitrogens with one attached hydrogen (secondary N) is 1. The molecule has 2 aromatic rings. The van der Waals surface area contributed by atoms with Crippen molar-refractivity contribution in [2.75, 3.05) is 6.54 Å². The number of thiophene rings is 1. The summed E-state index contributed by atoms with van der Waals surface area (Å²) in [6, 6.07) is 10.7. The molecule has 1 N–H and O–H groups in total. The Bertz CT molecular complexity index is 489. The van der Waals surface area contributed by atoms with E-state index < -0.39 is 0 Å². The van der Waals surface area contributed by atoms with Crippen LogP contribution in [0.5, 0.6) is 0 Å². The molecule has 0 saturated carbocycles. The lowest BCUT2D eigenvalue weighted by Gasteiger charge is -2.18. The maximum Gasteiger partial charge on any atom is 0.0406 e. The van der Waals surface area contributed by atoms with Gasteiger partial charge in [-0.1, -0.05) is 30.7 Å². The molecule has 2 rings (SSSR count). The van der Waals surface area contributed by atoms with E-state index in [4.69, 9.17) is 11.6 Å². The Morgan fingerprint density at radius 1 is 1.22 bits per heavy atom. The molecule has 0 aliphatic heterocycles. The van der Waals surface area contributed by atoms with Crippen LogP contribution in [0.15, 0.2) is 35.7 Å². The molecule has 0 fully saturated rings. The second-order valence-corrected chi connectivity index (χ2v) is 5.93. The number of hydrogen-bond donors (Lipinski definition) is 1. The van der Waals surface area contributed by atoms with E-state index >= 15 is 0 Å². The topological polar surface area (TPSA) is 12.0 Å². The smallest absolute Gasteiger partial charge is 0.0406 e. The quantitative estimate of drug-likeness (QED) is 0.843. The van der Waals surface area contributed by atoms with Crippen LogP contribution >= 0.6 is 22.9 Å². The fourth-order valence-electron chi connectivity index (χ4n) is 2.15. The summed E-state index contributed by atoms with van der Waals surface area (Å²) in [7, 11) is 0. The van der Waals surface area contributed by atoms with Crippen LogP contribution in [0, 0.1) is 6.92 Å². The minimum absolute atomic E-state index is 0.391. The predicted octanol–water partition coefficient (Wildman–Crippen LogP) is 4.60. The average Bonchev–Trinajstić information content (AvgIpc) is 2.78. The maximum absolute atomic E-state index is 5.92. The number of likely N-dealkylation sites (N-methyl/N-ethyl adjacent to an activating group) is 1. The molecule has 1 aromatic carbocycles. The summed E-state index contributed by atoms with van der Waals surface area (Å²) < 4.78 is 0. The third-order valence-corrected chi connectivity index (χ3v) is 4.19. The van der Waals surface area contributed by atoms with Gasteiger partial charge in [0, 0.05) is 15.9 Å². The zero-order chi connectivity index (χ0) is 13.0. The van der Waals surface area contributed by atoms with Gasteiger partial charge >= 0.3 is 0 Å². The van der Waals surface area contributed by atoms with E-state index in [1.807, 2.05) is 23.5 Å². The number of rotatable bonds is 5. The average molecular weight is 280 g/mol. The first-order chi connectivity index (χ1) is 8.70. The molecule has 1 heterocycles. The van der Waals surface area contributed by atoms with E-state index in [-0.39, 0.29) is 0 Å². The van der Waals surface area contributed by atoms with Crippen molar-refractivity contribution < 1.29 is 0 Å². The van der Waals surface area contributed by atoms with Crippen LogP contribution in [0.4, 0.5) is 0 Å². The van der Waals surface area contributed by atoms with Crippen LogP contribution in [-0.4, -0.2) is 6.54 Å². The molecule has 0 saturated heterocycles. The van der Waals surface area contributed by atoms with E-state index in [0.29, 0.717) is 6.04 Å². The lowest BCUT2D eigenvalue weighted by atomic mass is 9.99. The zero-order valence-electron chi connectivity index (χ0n) is 10.7. The SMILES string of the molecule is CCNC(Cc1ccc(Cl)cc1)c1ccsc1C. The lowest BCUT2D eigenvalue weighted by molar-refractivity contribution is 0.549. The van der Waals surface area contributed by atoms with Crippen LogP contribution in [0.25, 0.3) is 0 Å². The molecule has 0 aliphatic rings. The summed E-state index contributed by atoms with van der Waals surface area (Å²) in [5, 5.41) is 6.52. The summed E-state index contributed by atoms with van der Waals surface area (Å²) in [4.78, 5) is 1.40. The molecule has 0 radical (unpaired) electrons. The van der Waals surface area contributed by atoms with Gasteiger partial charge in [-0.3, -0.25) is 0 Å². The first-order valence-corrected chi connectivity index (χ1v) is 7.48. The molecule has 96 valence electrons. The summed E-state index contributed by atoms with van der Waals surface area (Å²) in [5.74, 6) is 0. The molecule has 1 aromatic heterocycles. The molecule has 0 amide bonds. The second-order valence-electron chi connectivity index (χ2n) is 4.37. The molecule has 0 aliphatic carbocycles. The molecule has 0 spiro atoms. The van der Waals surface area contributed by atoms with Crippen molar-refractivity contribution in [3.05, 3.63) is 56.7 Å². The largest absolute Gasteiger partial charge is 0.310 e. The zero-order valence-corrected chi connectivity index (χ0v) is 12.3. The first kappa shape index (κ1) is 13.6. The van der Waals surface area contributed by atoms with Gasteiger partial charge in [0.25, 0.3) is 0 Å². The Balaban J connectivity index is 2.16. The number of halogens is 1. The fraction of sp³-hybridized carbons (Fsp3) is 0.333. The number of hydrogen-bond acceptors (Lipinski definition) is 2. The third-order valence-electron chi connectivity index (χ3n) is 3.08. The fourth-order valence-corrected chi connectivity index (χ4v) is 3.04. The Morgan fingerprint density at radius 2 is 1.94 bits per heavy atom. The van der Waals surface area contributed by atoms with Crippen molar-refractivity contribution in [3.63, 3.8) is 0 Å². The Labute approximate surface area is 118 Å². The lowest BCUT2D eigenvalue weighted by Crippen LogP contribution is -2.23. The summed E-state index contributed by atoms with van der Waals surface area (Å²) >= 11 is 7.73. The molecule has 18 heavy (non-hydrogen) atoms. The van der Waals surface area contributed by atoms with Gasteiger partial charge in [0.1, 0.15) is 0 Å². The van der Waals surface area contributed by atoms with E-state index in [9.17, 15) is 0 Å². The summed E-state index contributed by atoms with van der Waals surface area (Å²) in [5.41, 5.74) is 2.73. The Kier molecular flexibility index (Phi) is 4.81. The van der Waals surface area contributed by atoms with Gasteiger partial charge in [-0.2, -0.15) is 0 Å². The first-order valence-electron chi connectivity index (χ1n) is 6.22. The highest BCUT2D eigenvalue weighted by atomic mass is 35.5. The summed E-state index contributed by atoms with van der Waals surface area (Å²) in [6.45, 7) is 5.32.